The molecule has 0 saturated carbocycles. The van der Waals surface area contributed by atoms with Gasteiger partial charge >= 0.3 is 0 Å². The van der Waals surface area contributed by atoms with E-state index in [9.17, 15) is 0 Å². The van der Waals surface area contributed by atoms with Crippen molar-refractivity contribution in [1.82, 2.24) is 15.2 Å². The first kappa shape index (κ1) is 8.95. The molecule has 0 amide bonds. The highest BCUT2D eigenvalue weighted by atomic mass is 32.1. The Kier molecular flexibility index (Phi) is 2.61. The molecule has 0 unspecified atom stereocenters. The van der Waals surface area contributed by atoms with Crippen molar-refractivity contribution in [2.45, 2.75) is 6.92 Å². The highest BCUT2D eigenvalue weighted by Gasteiger charge is 2.01. The Hall–Kier alpha value is -1.14. The van der Waals surface area contributed by atoms with Gasteiger partial charge in [0.05, 0.1) is 5.69 Å². The zero-order valence-corrected chi connectivity index (χ0v) is 7.77. The van der Waals surface area contributed by atoms with Gasteiger partial charge in [-0.25, -0.2) is 5.84 Å². The molecule has 0 fully saturated rings. The number of nitrogens with two attached hydrogens (primary N) is 1. The molecule has 0 bridgehead atoms. The number of thiocarbonyl (C=S) groups is 1. The maximum atomic E-state index is 5.09. The third-order valence-electron chi connectivity index (χ3n) is 1.37. The molecule has 5 nitrogen and oxygen atoms in total. The molecule has 12 heavy (non-hydrogen) atoms. The molecule has 0 aliphatic carbocycles. The standard InChI is InChI=1S/C6H11N5S/c1-4-3-5(11(2)10-4)8-6(12)9-7/h3H,7H2,1-2H3,(H2,8,9,12). The van der Waals surface area contributed by atoms with E-state index in [4.69, 9.17) is 18.1 Å². The lowest BCUT2D eigenvalue weighted by Crippen LogP contribution is -2.34. The number of aromatic nitrogens is 2. The quantitative estimate of drug-likeness (QED) is 0.323. The monoisotopic (exact) mass is 185 g/mol. The van der Waals surface area contributed by atoms with Gasteiger partial charge in [-0.2, -0.15) is 5.10 Å². The molecule has 0 aliphatic rings. The van der Waals surface area contributed by atoms with Crippen molar-refractivity contribution < 1.29 is 0 Å². The molecule has 66 valence electrons. The number of nitrogens with zero attached hydrogens (tertiary/aromatic N) is 2. The van der Waals surface area contributed by atoms with Crippen molar-refractivity contribution in [2.75, 3.05) is 5.32 Å². The molecule has 0 spiro atoms. The molecule has 0 aliphatic heterocycles. The van der Waals surface area contributed by atoms with Crippen LogP contribution in [0.15, 0.2) is 6.07 Å². The summed E-state index contributed by atoms with van der Waals surface area (Å²) in [6.45, 7) is 1.91. The fraction of sp³-hybridized carbons (Fsp3) is 0.333. The topological polar surface area (TPSA) is 67.9 Å². The van der Waals surface area contributed by atoms with E-state index < -0.39 is 0 Å². The first-order valence-electron chi connectivity index (χ1n) is 3.41. The number of anilines is 1. The van der Waals surface area contributed by atoms with Crippen LogP contribution in [0.4, 0.5) is 5.82 Å². The van der Waals surface area contributed by atoms with Crippen molar-refractivity contribution in [3.05, 3.63) is 11.8 Å². The SMILES string of the molecule is Cc1cc(NC(=S)NN)n(C)n1. The third kappa shape index (κ3) is 1.93. The molecular weight excluding hydrogens is 174 g/mol. The normalized spacial score (nSPS) is 9.58. The summed E-state index contributed by atoms with van der Waals surface area (Å²) in [5, 5.41) is 7.37. The van der Waals surface area contributed by atoms with E-state index in [1.54, 1.807) is 4.68 Å². The second-order valence-electron chi connectivity index (χ2n) is 2.39. The van der Waals surface area contributed by atoms with Crippen molar-refractivity contribution in [1.29, 1.82) is 0 Å². The van der Waals surface area contributed by atoms with Crippen LogP contribution in [0, 0.1) is 6.92 Å². The molecule has 0 atom stereocenters. The molecule has 0 saturated heterocycles. The van der Waals surface area contributed by atoms with E-state index in [2.05, 4.69) is 15.8 Å². The Morgan fingerprint density at radius 2 is 2.42 bits per heavy atom. The lowest BCUT2D eigenvalue weighted by atomic mass is 10.5. The Bertz CT molecular complexity index is 292. The largest absolute Gasteiger partial charge is 0.317 e. The Labute approximate surface area is 75.9 Å². The van der Waals surface area contributed by atoms with Gasteiger partial charge in [0.25, 0.3) is 0 Å². The first-order valence-corrected chi connectivity index (χ1v) is 3.82. The zero-order chi connectivity index (χ0) is 9.14. The molecule has 4 N–H and O–H groups in total. The number of hydrogen-bond acceptors (Lipinski definition) is 3. The summed E-state index contributed by atoms with van der Waals surface area (Å²) < 4.78 is 1.69. The van der Waals surface area contributed by atoms with E-state index >= 15 is 0 Å². The average Bonchev–Trinajstić information content (AvgIpc) is 2.30. The molecule has 0 aromatic carbocycles. The Balaban J connectivity index is 2.75. The number of rotatable bonds is 1. The minimum Gasteiger partial charge on any atom is -0.317 e. The molecule has 1 heterocycles. The highest BCUT2D eigenvalue weighted by Crippen LogP contribution is 2.06. The molecule has 6 heteroatoms. The lowest BCUT2D eigenvalue weighted by molar-refractivity contribution is 0.765. The zero-order valence-electron chi connectivity index (χ0n) is 6.96. The fourth-order valence-electron chi connectivity index (χ4n) is 0.880. The van der Waals surface area contributed by atoms with E-state index in [0.29, 0.717) is 5.11 Å². The maximum absolute atomic E-state index is 5.09. The van der Waals surface area contributed by atoms with Crippen molar-refractivity contribution in [2.24, 2.45) is 12.9 Å². The fourth-order valence-corrected chi connectivity index (χ4v) is 0.985. The first-order chi connectivity index (χ1) is 5.63. The summed E-state index contributed by atoms with van der Waals surface area (Å²) in [5.41, 5.74) is 3.26. The van der Waals surface area contributed by atoms with Gasteiger partial charge in [-0.1, -0.05) is 0 Å². The van der Waals surface area contributed by atoms with Gasteiger partial charge in [0, 0.05) is 13.1 Å². The van der Waals surface area contributed by atoms with E-state index in [1.165, 1.54) is 0 Å². The average molecular weight is 185 g/mol. The van der Waals surface area contributed by atoms with Gasteiger partial charge in [0.2, 0.25) is 0 Å². The molecule has 1 aromatic rings. The van der Waals surface area contributed by atoms with Gasteiger partial charge in [0.1, 0.15) is 5.82 Å². The van der Waals surface area contributed by atoms with Gasteiger partial charge in [-0.3, -0.25) is 4.68 Å². The van der Waals surface area contributed by atoms with E-state index in [-0.39, 0.29) is 0 Å². The number of hydrazine groups is 1. The predicted molar refractivity (Wildman–Crippen MR) is 51.5 cm³/mol. The highest BCUT2D eigenvalue weighted by molar-refractivity contribution is 7.80. The van der Waals surface area contributed by atoms with Gasteiger partial charge < -0.3 is 10.7 Å². The second-order valence-corrected chi connectivity index (χ2v) is 2.80. The Morgan fingerprint density at radius 3 is 2.83 bits per heavy atom. The third-order valence-corrected chi connectivity index (χ3v) is 1.59. The van der Waals surface area contributed by atoms with Crippen LogP contribution in [0.5, 0.6) is 0 Å². The smallest absolute Gasteiger partial charge is 0.186 e. The summed E-state index contributed by atoms with van der Waals surface area (Å²) in [7, 11) is 1.83. The van der Waals surface area contributed by atoms with Crippen LogP contribution in [0.3, 0.4) is 0 Å². The lowest BCUT2D eigenvalue weighted by Gasteiger charge is -2.05. The van der Waals surface area contributed by atoms with Crippen LogP contribution < -0.4 is 16.6 Å². The van der Waals surface area contributed by atoms with Crippen LogP contribution in [0.1, 0.15) is 5.69 Å². The van der Waals surface area contributed by atoms with Gasteiger partial charge in [0.15, 0.2) is 5.11 Å². The second kappa shape index (κ2) is 3.51. The summed E-state index contributed by atoms with van der Waals surface area (Å²) in [6.07, 6.45) is 0. The van der Waals surface area contributed by atoms with Crippen molar-refractivity contribution >= 4 is 23.1 Å². The summed E-state index contributed by atoms with van der Waals surface area (Å²) in [4.78, 5) is 0. The summed E-state index contributed by atoms with van der Waals surface area (Å²) in [6, 6.07) is 1.88. The van der Waals surface area contributed by atoms with Crippen LogP contribution in [0.25, 0.3) is 0 Å². The predicted octanol–water partition coefficient (Wildman–Crippen LogP) is -0.111. The maximum Gasteiger partial charge on any atom is 0.186 e. The molecule has 0 radical (unpaired) electrons. The number of aryl methyl sites for hydroxylation is 2. The summed E-state index contributed by atoms with van der Waals surface area (Å²) >= 11 is 4.82. The van der Waals surface area contributed by atoms with Crippen molar-refractivity contribution in [3.8, 4) is 0 Å². The van der Waals surface area contributed by atoms with Crippen LogP contribution in [0.2, 0.25) is 0 Å². The minimum atomic E-state index is 0.373. The van der Waals surface area contributed by atoms with Crippen LogP contribution in [-0.4, -0.2) is 14.9 Å². The molecule has 1 rings (SSSR count). The van der Waals surface area contributed by atoms with Crippen molar-refractivity contribution in [3.63, 3.8) is 0 Å². The van der Waals surface area contributed by atoms with E-state index in [1.807, 2.05) is 20.0 Å². The molecular formula is C6H11N5S. The summed E-state index contributed by atoms with van der Waals surface area (Å²) in [5.74, 6) is 5.91. The van der Waals surface area contributed by atoms with E-state index in [0.717, 1.165) is 11.5 Å². The van der Waals surface area contributed by atoms with Crippen LogP contribution >= 0.6 is 12.2 Å². The van der Waals surface area contributed by atoms with Gasteiger partial charge in [-0.15, -0.1) is 0 Å². The van der Waals surface area contributed by atoms with Gasteiger partial charge in [-0.05, 0) is 19.1 Å². The Morgan fingerprint density at radius 1 is 1.75 bits per heavy atom. The number of hydrogen-bond donors (Lipinski definition) is 3. The van der Waals surface area contributed by atoms with Crippen LogP contribution in [-0.2, 0) is 7.05 Å². The minimum absolute atomic E-state index is 0.373. The number of nitrogens with one attached hydrogen (secondary N) is 2. The molecule has 1 aromatic heterocycles.